The molecule has 8 rings (SSSR count). The molecule has 1 aliphatic carbocycles. The number of nitrogens with zero attached hydrogens (tertiary/aromatic N) is 4. The molecule has 54 heavy (non-hydrogen) atoms. The molecule has 0 radical (unpaired) electrons. The number of Topliss-reactive ketones (excluding diaryl/α,β-unsaturated/α-hetero) is 2. The number of halogens is 5. The van der Waals surface area contributed by atoms with Gasteiger partial charge < -0.3 is 0 Å². The number of allylic oxidation sites excluding steroid dienone is 3. The summed E-state index contributed by atoms with van der Waals surface area (Å²) in [5.74, 6) is -12.4. The number of anilines is 4. The van der Waals surface area contributed by atoms with Crippen LogP contribution in [0.1, 0.15) is 59.7 Å². The lowest BCUT2D eigenvalue weighted by Gasteiger charge is -2.29. The fourth-order valence-corrected chi connectivity index (χ4v) is 7.42. The molecule has 5 aromatic carbocycles. The lowest BCUT2D eigenvalue weighted by atomic mass is 9.92. The Kier molecular flexibility index (Phi) is 7.84. The van der Waals surface area contributed by atoms with Gasteiger partial charge in [0, 0.05) is 11.1 Å². The highest BCUT2D eigenvalue weighted by molar-refractivity contribution is 6.40. The summed E-state index contributed by atoms with van der Waals surface area (Å²) in [6.07, 6.45) is 2.48. The van der Waals surface area contributed by atoms with Gasteiger partial charge in [0.25, 0.3) is 0 Å². The number of rotatable bonds is 3. The number of fused-ring (bicyclic) bond motifs is 4. The van der Waals surface area contributed by atoms with Crippen LogP contribution in [-0.4, -0.2) is 21.5 Å². The molecule has 0 spiro atoms. The Hall–Kier alpha value is -6.23. The van der Waals surface area contributed by atoms with Crippen molar-refractivity contribution in [2.75, 3.05) is 9.80 Å². The monoisotopic (exact) mass is 730 g/mol. The summed E-state index contributed by atoms with van der Waals surface area (Å²) in [5, 5.41) is 1.50. The highest BCUT2D eigenvalue weighted by Gasteiger charge is 2.43. The number of aromatic nitrogens is 2. The van der Waals surface area contributed by atoms with Gasteiger partial charge in [0.05, 0.1) is 22.3 Å². The van der Waals surface area contributed by atoms with Gasteiger partial charge in [-0.15, -0.1) is 0 Å². The fraction of sp³-hybridized carbons (Fsp3) is 0.163. The number of hydrogen-bond donors (Lipinski definition) is 0. The van der Waals surface area contributed by atoms with E-state index in [-0.39, 0.29) is 34.2 Å². The Morgan fingerprint density at radius 1 is 0.519 bits per heavy atom. The minimum Gasteiger partial charge on any atom is -0.288 e. The number of carbonyl (C=O) groups is 2. The number of carbonyl (C=O) groups excluding carboxylic acids is 2. The van der Waals surface area contributed by atoms with Gasteiger partial charge >= 0.3 is 0 Å². The molecule has 0 saturated heterocycles. The summed E-state index contributed by atoms with van der Waals surface area (Å²) in [7, 11) is 0. The van der Waals surface area contributed by atoms with Crippen LogP contribution in [0, 0.1) is 77.6 Å². The van der Waals surface area contributed by atoms with Gasteiger partial charge in [0.1, 0.15) is 11.5 Å². The Morgan fingerprint density at radius 2 is 0.926 bits per heavy atom. The molecule has 270 valence electrons. The van der Waals surface area contributed by atoms with E-state index in [2.05, 4.69) is 0 Å². The lowest BCUT2D eigenvalue weighted by molar-refractivity contribution is 0.0988. The topological polar surface area (TPSA) is 66.4 Å². The molecule has 0 saturated carbocycles. The average Bonchev–Trinajstić information content (AvgIpc) is 3.57. The van der Waals surface area contributed by atoms with E-state index in [0.717, 1.165) is 54.6 Å². The van der Waals surface area contributed by atoms with Crippen LogP contribution < -0.4 is 9.80 Å². The van der Waals surface area contributed by atoms with E-state index in [9.17, 15) is 14.0 Å². The first-order valence-corrected chi connectivity index (χ1v) is 17.1. The fourth-order valence-electron chi connectivity index (χ4n) is 7.42. The molecule has 0 bridgehead atoms. The quantitative estimate of drug-likeness (QED) is 0.0594. The first-order valence-electron chi connectivity index (χ1n) is 17.1. The van der Waals surface area contributed by atoms with Crippen molar-refractivity contribution in [3.63, 3.8) is 0 Å². The van der Waals surface area contributed by atoms with Gasteiger partial charge in [-0.1, -0.05) is 24.3 Å². The van der Waals surface area contributed by atoms with Gasteiger partial charge in [0.15, 0.2) is 46.5 Å². The number of ketones is 2. The van der Waals surface area contributed by atoms with Crippen molar-refractivity contribution in [1.82, 2.24) is 9.97 Å². The standard InChI is InChI=1S/C43H31F5N4O2/c1-18-14-30-31(15-19(18)2)50-43-42(49-30)51(38-23(6)21(4)20(3)22(5)24(38)7)32(52(43)39-36(47)34(45)33(44)35(46)37(39)48)13-12-27-40(53)28-16-25-10-8-9-11-26(25)17-29(28)41(27)54/h8-17H,1-7H3/b32-13+. The Morgan fingerprint density at radius 3 is 1.39 bits per heavy atom. The van der Waals surface area contributed by atoms with Gasteiger partial charge in [-0.25, -0.2) is 31.9 Å². The van der Waals surface area contributed by atoms with Gasteiger partial charge in [0.2, 0.25) is 5.82 Å². The third-order valence-corrected chi connectivity index (χ3v) is 11.0. The second-order valence-electron chi connectivity index (χ2n) is 13.9. The van der Waals surface area contributed by atoms with E-state index in [1.807, 2.05) is 72.7 Å². The molecular weight excluding hydrogens is 699 g/mol. The van der Waals surface area contributed by atoms with Crippen LogP contribution in [0.15, 0.2) is 72.1 Å². The molecule has 0 fully saturated rings. The molecule has 6 aromatic rings. The molecule has 0 atom stereocenters. The summed E-state index contributed by atoms with van der Waals surface area (Å²) in [6.45, 7) is 13.2. The van der Waals surface area contributed by atoms with Crippen LogP contribution in [0.4, 0.5) is 45.0 Å². The summed E-state index contributed by atoms with van der Waals surface area (Å²) >= 11 is 0. The van der Waals surface area contributed by atoms with E-state index < -0.39 is 46.3 Å². The predicted molar refractivity (Wildman–Crippen MR) is 198 cm³/mol. The summed E-state index contributed by atoms with van der Waals surface area (Å²) in [6, 6.07) is 14.0. The maximum Gasteiger partial charge on any atom is 0.200 e. The van der Waals surface area contributed by atoms with Crippen LogP contribution in [0.3, 0.4) is 0 Å². The molecular formula is C43H31F5N4O2. The smallest absolute Gasteiger partial charge is 0.200 e. The first kappa shape index (κ1) is 34.8. The molecule has 2 heterocycles. The van der Waals surface area contributed by atoms with Crippen molar-refractivity contribution in [1.29, 1.82) is 0 Å². The van der Waals surface area contributed by atoms with Crippen LogP contribution >= 0.6 is 0 Å². The third-order valence-electron chi connectivity index (χ3n) is 11.0. The highest BCUT2D eigenvalue weighted by Crippen LogP contribution is 2.52. The minimum atomic E-state index is -2.32. The summed E-state index contributed by atoms with van der Waals surface area (Å²) < 4.78 is 76.7. The van der Waals surface area contributed by atoms with Crippen LogP contribution in [0.2, 0.25) is 0 Å². The Balaban J connectivity index is 1.48. The van der Waals surface area contributed by atoms with E-state index in [1.165, 1.54) is 12.2 Å². The zero-order valence-electron chi connectivity index (χ0n) is 30.3. The number of hydrogen-bond acceptors (Lipinski definition) is 6. The lowest BCUT2D eigenvalue weighted by Crippen LogP contribution is -2.26. The van der Waals surface area contributed by atoms with E-state index in [4.69, 9.17) is 9.97 Å². The largest absolute Gasteiger partial charge is 0.288 e. The first-order chi connectivity index (χ1) is 25.6. The van der Waals surface area contributed by atoms with Crippen molar-refractivity contribution >= 4 is 56.4 Å². The van der Waals surface area contributed by atoms with E-state index in [0.29, 0.717) is 16.7 Å². The normalized spacial score (nSPS) is 14.7. The molecule has 1 aromatic heterocycles. The van der Waals surface area contributed by atoms with Gasteiger partial charge in [-0.2, -0.15) is 0 Å². The van der Waals surface area contributed by atoms with E-state index in [1.54, 1.807) is 29.2 Å². The molecule has 11 heteroatoms. The number of aryl methyl sites for hydroxylation is 2. The molecule has 2 aliphatic rings. The molecule has 0 amide bonds. The molecule has 0 N–H and O–H groups in total. The zero-order valence-corrected chi connectivity index (χ0v) is 30.3. The molecule has 0 unspecified atom stereocenters. The third kappa shape index (κ3) is 4.83. The van der Waals surface area contributed by atoms with Crippen molar-refractivity contribution in [2.45, 2.75) is 48.5 Å². The van der Waals surface area contributed by atoms with Gasteiger partial charge in [-0.3, -0.25) is 19.4 Å². The van der Waals surface area contributed by atoms with Gasteiger partial charge in [-0.05, 0) is 135 Å². The van der Waals surface area contributed by atoms with Crippen LogP contribution in [-0.2, 0) is 0 Å². The summed E-state index contributed by atoms with van der Waals surface area (Å²) in [4.78, 5) is 39.7. The predicted octanol–water partition coefficient (Wildman–Crippen LogP) is 10.8. The Bertz CT molecular complexity index is 2570. The van der Waals surface area contributed by atoms with Crippen molar-refractivity contribution in [3.05, 3.63) is 151 Å². The maximum atomic E-state index is 16.0. The maximum absolute atomic E-state index is 16.0. The summed E-state index contributed by atoms with van der Waals surface area (Å²) in [5.41, 5.74) is 6.05. The molecule has 6 nitrogen and oxygen atoms in total. The Labute approximate surface area is 306 Å². The molecule has 1 aliphatic heterocycles. The second kappa shape index (κ2) is 12.2. The van der Waals surface area contributed by atoms with Crippen molar-refractivity contribution in [2.24, 2.45) is 0 Å². The zero-order chi connectivity index (χ0) is 38.7. The second-order valence-corrected chi connectivity index (χ2v) is 13.9. The van der Waals surface area contributed by atoms with Crippen LogP contribution in [0.5, 0.6) is 0 Å². The number of benzene rings is 5. The minimum absolute atomic E-state index is 0.0341. The van der Waals surface area contributed by atoms with Crippen molar-refractivity contribution in [3.8, 4) is 0 Å². The highest BCUT2D eigenvalue weighted by atomic mass is 19.2. The SMILES string of the molecule is Cc1cc2nc3c(nc2cc1C)N(c1c(F)c(F)c(F)c(F)c1F)/C(=C/C=C1C(=O)c2cc4ccccc4cc2C1=O)N3c1c(C)c(C)c(C)c(C)c1C. The van der Waals surface area contributed by atoms with Crippen molar-refractivity contribution < 1.29 is 31.5 Å². The van der Waals surface area contributed by atoms with Crippen LogP contribution in [0.25, 0.3) is 21.8 Å². The van der Waals surface area contributed by atoms with E-state index >= 15 is 17.6 Å². The average molecular weight is 731 g/mol.